The molecule has 0 fully saturated rings. The lowest BCUT2D eigenvalue weighted by Gasteiger charge is -2.08. The van der Waals surface area contributed by atoms with Crippen molar-refractivity contribution in [3.05, 3.63) is 53.6 Å². The molecular weight excluding hydrogens is 228 g/mol. The van der Waals surface area contributed by atoms with Gasteiger partial charge in [0.25, 0.3) is 5.91 Å². The van der Waals surface area contributed by atoms with Gasteiger partial charge in [-0.25, -0.2) is 0 Å². The van der Waals surface area contributed by atoms with Gasteiger partial charge in [0.1, 0.15) is 5.75 Å². The summed E-state index contributed by atoms with van der Waals surface area (Å²) in [6, 6.07) is 11.7. The van der Waals surface area contributed by atoms with Crippen LogP contribution in [-0.2, 0) is 0 Å². The Labute approximate surface area is 105 Å². The van der Waals surface area contributed by atoms with E-state index in [-0.39, 0.29) is 17.2 Å². The topological polar surface area (TPSA) is 75.3 Å². The van der Waals surface area contributed by atoms with E-state index in [0.29, 0.717) is 11.4 Å². The molecule has 1 amide bonds. The minimum atomic E-state index is -0.339. The van der Waals surface area contributed by atoms with Crippen molar-refractivity contribution in [3.8, 4) is 5.75 Å². The molecule has 0 bridgehead atoms. The van der Waals surface area contributed by atoms with Crippen molar-refractivity contribution in [2.24, 2.45) is 0 Å². The molecule has 0 aliphatic carbocycles. The predicted octanol–water partition coefficient (Wildman–Crippen LogP) is 2.54. The van der Waals surface area contributed by atoms with Crippen molar-refractivity contribution in [1.29, 1.82) is 0 Å². The summed E-state index contributed by atoms with van der Waals surface area (Å²) in [6.45, 7) is 1.94. The number of rotatable bonds is 2. The first-order chi connectivity index (χ1) is 8.56. The lowest BCUT2D eigenvalue weighted by atomic mass is 10.1. The van der Waals surface area contributed by atoms with Gasteiger partial charge in [-0.05, 0) is 42.8 Å². The number of hydrogen-bond acceptors (Lipinski definition) is 3. The standard InChI is InChI=1S/C14H14N2O2/c1-9-3-2-4-10(7-9)16-14(18)12-8-11(17)5-6-13(12)15/h2-8,17H,15H2,1H3,(H,16,18). The van der Waals surface area contributed by atoms with E-state index in [0.717, 1.165) is 5.56 Å². The van der Waals surface area contributed by atoms with Gasteiger partial charge in [-0.1, -0.05) is 12.1 Å². The van der Waals surface area contributed by atoms with Crippen LogP contribution in [0.15, 0.2) is 42.5 Å². The highest BCUT2D eigenvalue weighted by molar-refractivity contribution is 6.08. The zero-order valence-corrected chi connectivity index (χ0v) is 9.97. The first kappa shape index (κ1) is 12.0. The summed E-state index contributed by atoms with van der Waals surface area (Å²) in [4.78, 5) is 12.0. The number of carbonyl (C=O) groups is 1. The zero-order chi connectivity index (χ0) is 13.1. The van der Waals surface area contributed by atoms with Gasteiger partial charge in [-0.15, -0.1) is 0 Å². The van der Waals surface area contributed by atoms with Crippen molar-refractivity contribution >= 4 is 17.3 Å². The summed E-state index contributed by atoms with van der Waals surface area (Å²) >= 11 is 0. The van der Waals surface area contributed by atoms with Gasteiger partial charge in [0.15, 0.2) is 0 Å². The van der Waals surface area contributed by atoms with Gasteiger partial charge < -0.3 is 16.2 Å². The van der Waals surface area contributed by atoms with E-state index in [9.17, 15) is 9.90 Å². The lowest BCUT2D eigenvalue weighted by molar-refractivity contribution is 0.102. The number of nitrogen functional groups attached to an aromatic ring is 1. The number of benzene rings is 2. The fraction of sp³-hybridized carbons (Fsp3) is 0.0714. The van der Waals surface area contributed by atoms with Crippen LogP contribution in [-0.4, -0.2) is 11.0 Å². The Morgan fingerprint density at radius 2 is 2.00 bits per heavy atom. The lowest BCUT2D eigenvalue weighted by Crippen LogP contribution is -2.13. The third-order valence-corrected chi connectivity index (χ3v) is 2.56. The van der Waals surface area contributed by atoms with Gasteiger partial charge in [-0.2, -0.15) is 0 Å². The summed E-state index contributed by atoms with van der Waals surface area (Å²) in [7, 11) is 0. The molecule has 0 aliphatic heterocycles. The summed E-state index contributed by atoms with van der Waals surface area (Å²) in [5.74, 6) is -0.326. The minimum absolute atomic E-state index is 0.0126. The SMILES string of the molecule is Cc1cccc(NC(=O)c2cc(O)ccc2N)c1. The van der Waals surface area contributed by atoms with Crippen molar-refractivity contribution < 1.29 is 9.90 Å². The van der Waals surface area contributed by atoms with E-state index >= 15 is 0 Å². The average Bonchev–Trinajstić information content (AvgIpc) is 2.32. The Balaban J connectivity index is 2.24. The van der Waals surface area contributed by atoms with Crippen molar-refractivity contribution in [3.63, 3.8) is 0 Å². The number of aromatic hydroxyl groups is 1. The molecule has 18 heavy (non-hydrogen) atoms. The molecule has 0 spiro atoms. The molecule has 0 aromatic heterocycles. The first-order valence-electron chi connectivity index (χ1n) is 5.53. The Morgan fingerprint density at radius 1 is 1.22 bits per heavy atom. The van der Waals surface area contributed by atoms with Crippen LogP contribution >= 0.6 is 0 Å². The summed E-state index contributed by atoms with van der Waals surface area (Å²) in [5, 5.41) is 12.1. The number of nitrogens with one attached hydrogen (secondary N) is 1. The fourth-order valence-electron chi connectivity index (χ4n) is 1.66. The maximum Gasteiger partial charge on any atom is 0.257 e. The third kappa shape index (κ3) is 2.60. The Hall–Kier alpha value is -2.49. The quantitative estimate of drug-likeness (QED) is 0.559. The summed E-state index contributed by atoms with van der Waals surface area (Å²) in [6.07, 6.45) is 0. The van der Waals surface area contributed by atoms with Crippen LogP contribution in [0.5, 0.6) is 5.75 Å². The number of hydrogen-bond donors (Lipinski definition) is 3. The average molecular weight is 242 g/mol. The summed E-state index contributed by atoms with van der Waals surface area (Å²) in [5.41, 5.74) is 8.04. The van der Waals surface area contributed by atoms with Crippen LogP contribution in [0.2, 0.25) is 0 Å². The van der Waals surface area contributed by atoms with E-state index in [1.165, 1.54) is 18.2 Å². The number of phenolic OH excluding ortho intramolecular Hbond substituents is 1. The molecule has 0 radical (unpaired) electrons. The van der Waals surface area contributed by atoms with Crippen LogP contribution in [0.3, 0.4) is 0 Å². The number of carbonyl (C=O) groups excluding carboxylic acids is 1. The molecule has 0 aliphatic rings. The molecule has 4 N–H and O–H groups in total. The maximum atomic E-state index is 12.0. The molecule has 0 saturated heterocycles. The number of amides is 1. The van der Waals surface area contributed by atoms with Crippen LogP contribution in [0, 0.1) is 6.92 Å². The molecule has 0 saturated carbocycles. The normalized spacial score (nSPS) is 10.1. The van der Waals surface area contributed by atoms with Gasteiger partial charge in [0.05, 0.1) is 5.56 Å². The molecule has 4 nitrogen and oxygen atoms in total. The molecule has 92 valence electrons. The highest BCUT2D eigenvalue weighted by Gasteiger charge is 2.10. The molecule has 0 atom stereocenters. The van der Waals surface area contributed by atoms with Crippen LogP contribution in [0.1, 0.15) is 15.9 Å². The van der Waals surface area contributed by atoms with Crippen molar-refractivity contribution in [2.75, 3.05) is 11.1 Å². The van der Waals surface area contributed by atoms with Gasteiger partial charge >= 0.3 is 0 Å². The molecule has 0 unspecified atom stereocenters. The molecule has 2 aromatic rings. The first-order valence-corrected chi connectivity index (χ1v) is 5.53. The minimum Gasteiger partial charge on any atom is -0.508 e. The monoisotopic (exact) mass is 242 g/mol. The highest BCUT2D eigenvalue weighted by atomic mass is 16.3. The van der Waals surface area contributed by atoms with E-state index in [1.54, 1.807) is 6.07 Å². The predicted molar refractivity (Wildman–Crippen MR) is 71.7 cm³/mol. The fourth-order valence-corrected chi connectivity index (χ4v) is 1.66. The number of phenols is 1. The second kappa shape index (κ2) is 4.79. The second-order valence-corrected chi connectivity index (χ2v) is 4.10. The smallest absolute Gasteiger partial charge is 0.257 e. The molecule has 0 heterocycles. The molecule has 2 rings (SSSR count). The molecular formula is C14H14N2O2. The van der Waals surface area contributed by atoms with Crippen molar-refractivity contribution in [2.45, 2.75) is 6.92 Å². The maximum absolute atomic E-state index is 12.0. The third-order valence-electron chi connectivity index (χ3n) is 2.56. The Bertz CT molecular complexity index is 594. The number of nitrogens with two attached hydrogens (primary N) is 1. The largest absolute Gasteiger partial charge is 0.508 e. The van der Waals surface area contributed by atoms with E-state index in [4.69, 9.17) is 5.73 Å². The van der Waals surface area contributed by atoms with Gasteiger partial charge in [-0.3, -0.25) is 4.79 Å². The van der Waals surface area contributed by atoms with Crippen molar-refractivity contribution in [1.82, 2.24) is 0 Å². The van der Waals surface area contributed by atoms with Crippen LogP contribution in [0.4, 0.5) is 11.4 Å². The van der Waals surface area contributed by atoms with Gasteiger partial charge in [0.2, 0.25) is 0 Å². The second-order valence-electron chi connectivity index (χ2n) is 4.10. The number of anilines is 2. The van der Waals surface area contributed by atoms with E-state index in [2.05, 4.69) is 5.32 Å². The van der Waals surface area contributed by atoms with Crippen LogP contribution < -0.4 is 11.1 Å². The molecule has 2 aromatic carbocycles. The Kier molecular flexibility index (Phi) is 3.19. The van der Waals surface area contributed by atoms with Crippen LogP contribution in [0.25, 0.3) is 0 Å². The highest BCUT2D eigenvalue weighted by Crippen LogP contribution is 2.20. The number of aryl methyl sites for hydroxylation is 1. The van der Waals surface area contributed by atoms with E-state index in [1.807, 2.05) is 25.1 Å². The van der Waals surface area contributed by atoms with E-state index < -0.39 is 0 Å². The van der Waals surface area contributed by atoms with Gasteiger partial charge in [0, 0.05) is 11.4 Å². The zero-order valence-electron chi connectivity index (χ0n) is 9.97. The molecule has 4 heteroatoms. The summed E-state index contributed by atoms with van der Waals surface area (Å²) < 4.78 is 0. The Morgan fingerprint density at radius 3 is 2.72 bits per heavy atom.